The van der Waals surface area contributed by atoms with E-state index in [1.807, 2.05) is 20.0 Å². The smallest absolute Gasteiger partial charge is 0.271 e. The number of pyridine rings is 1. The predicted octanol–water partition coefficient (Wildman–Crippen LogP) is 3.50. The molecule has 156 valence electrons. The Labute approximate surface area is 184 Å². The summed E-state index contributed by atoms with van der Waals surface area (Å²) < 4.78 is 0. The van der Waals surface area contributed by atoms with Crippen LogP contribution in [0.25, 0.3) is 10.4 Å². The molecule has 3 aromatic rings. The molecule has 0 bridgehead atoms. The third kappa shape index (κ3) is 4.51. The lowest BCUT2D eigenvalue weighted by molar-refractivity contribution is 0.0936. The number of nitrogen functional groups attached to an aromatic ring is 1. The van der Waals surface area contributed by atoms with Crippen molar-refractivity contribution in [2.75, 3.05) is 19.3 Å². The molecule has 5 N–H and O–H groups in total. The Morgan fingerprint density at radius 1 is 1.37 bits per heavy atom. The average molecular weight is 443 g/mol. The van der Waals surface area contributed by atoms with E-state index < -0.39 is 0 Å². The zero-order valence-corrected chi connectivity index (χ0v) is 18.5. The van der Waals surface area contributed by atoms with Gasteiger partial charge in [-0.15, -0.1) is 11.3 Å². The van der Waals surface area contributed by atoms with Crippen LogP contribution in [0.15, 0.2) is 36.7 Å². The fourth-order valence-electron chi connectivity index (χ4n) is 2.96. The van der Waals surface area contributed by atoms with Crippen LogP contribution in [0.3, 0.4) is 0 Å². The van der Waals surface area contributed by atoms with Gasteiger partial charge in [-0.25, -0.2) is 4.98 Å². The second-order valence-electron chi connectivity index (χ2n) is 6.88. The summed E-state index contributed by atoms with van der Waals surface area (Å²) in [5, 5.41) is 15.6. The number of carbonyl (C=O) groups is 1. The Bertz CT molecular complexity index is 1080. The second kappa shape index (κ2) is 9.34. The Hall–Kier alpha value is -2.81. The molecule has 0 fully saturated rings. The number of thiazole rings is 1. The lowest BCUT2D eigenvalue weighted by Crippen LogP contribution is -2.39. The van der Waals surface area contributed by atoms with E-state index in [0.29, 0.717) is 38.3 Å². The third-order valence-electron chi connectivity index (χ3n) is 4.59. The van der Waals surface area contributed by atoms with E-state index in [1.165, 1.54) is 11.3 Å². The highest BCUT2D eigenvalue weighted by Crippen LogP contribution is 2.33. The molecule has 1 atom stereocenters. The number of nitrogens with one attached hydrogen (secondary N) is 3. The molecule has 1 amide bonds. The number of hydrogen-bond donors (Lipinski definition) is 4. The first-order chi connectivity index (χ1) is 14.3. The third-order valence-corrected chi connectivity index (χ3v) is 6.12. The van der Waals surface area contributed by atoms with Gasteiger partial charge in [0, 0.05) is 46.8 Å². The maximum atomic E-state index is 12.9. The SMILES string of the molecule is CNCC(C)NC(=O)c1nc(C(=N)c2ccc(Cl)c(C)c2N)sc1-c1cccnc1. The van der Waals surface area contributed by atoms with Crippen LogP contribution < -0.4 is 16.4 Å². The molecular formula is C21H23ClN6OS. The van der Waals surface area contributed by atoms with E-state index in [0.717, 1.165) is 5.56 Å². The molecule has 0 aliphatic rings. The fourth-order valence-corrected chi connectivity index (χ4v) is 4.14. The van der Waals surface area contributed by atoms with E-state index in [1.54, 1.807) is 37.5 Å². The molecule has 7 nitrogen and oxygen atoms in total. The quantitative estimate of drug-likeness (QED) is 0.330. The van der Waals surface area contributed by atoms with Gasteiger partial charge >= 0.3 is 0 Å². The van der Waals surface area contributed by atoms with Crippen LogP contribution in [0.4, 0.5) is 5.69 Å². The molecule has 30 heavy (non-hydrogen) atoms. The van der Waals surface area contributed by atoms with Gasteiger partial charge in [-0.3, -0.25) is 15.2 Å². The van der Waals surface area contributed by atoms with Crippen LogP contribution in [-0.2, 0) is 0 Å². The summed E-state index contributed by atoms with van der Waals surface area (Å²) in [6, 6.07) is 6.99. The minimum atomic E-state index is -0.299. The second-order valence-corrected chi connectivity index (χ2v) is 8.29. The molecule has 0 aliphatic carbocycles. The van der Waals surface area contributed by atoms with Gasteiger partial charge in [-0.05, 0) is 44.7 Å². The normalized spacial score (nSPS) is 11.9. The van der Waals surface area contributed by atoms with Crippen molar-refractivity contribution in [1.82, 2.24) is 20.6 Å². The molecule has 0 radical (unpaired) electrons. The minimum Gasteiger partial charge on any atom is -0.398 e. The maximum absolute atomic E-state index is 12.9. The molecule has 0 spiro atoms. The summed E-state index contributed by atoms with van der Waals surface area (Å²) in [5.74, 6) is -0.299. The van der Waals surface area contributed by atoms with Crippen LogP contribution >= 0.6 is 22.9 Å². The van der Waals surface area contributed by atoms with E-state index in [2.05, 4.69) is 20.6 Å². The van der Waals surface area contributed by atoms with Crippen molar-refractivity contribution in [1.29, 1.82) is 5.41 Å². The van der Waals surface area contributed by atoms with Gasteiger partial charge in [-0.1, -0.05) is 17.7 Å². The zero-order valence-electron chi connectivity index (χ0n) is 16.9. The molecule has 2 heterocycles. The molecule has 0 saturated heterocycles. The molecule has 0 saturated carbocycles. The average Bonchev–Trinajstić information content (AvgIpc) is 3.18. The topological polar surface area (TPSA) is 117 Å². The number of hydrogen-bond acceptors (Lipinski definition) is 7. The lowest BCUT2D eigenvalue weighted by atomic mass is 10.0. The van der Waals surface area contributed by atoms with Gasteiger partial charge < -0.3 is 16.4 Å². The lowest BCUT2D eigenvalue weighted by Gasteiger charge is -2.12. The largest absolute Gasteiger partial charge is 0.398 e. The summed E-state index contributed by atoms with van der Waals surface area (Å²) in [6.45, 7) is 4.34. The number of nitrogens with zero attached hydrogens (tertiary/aromatic N) is 2. The van der Waals surface area contributed by atoms with E-state index in [4.69, 9.17) is 22.7 Å². The van der Waals surface area contributed by atoms with Gasteiger partial charge in [0.25, 0.3) is 5.91 Å². The molecular weight excluding hydrogens is 420 g/mol. The first-order valence-electron chi connectivity index (χ1n) is 9.34. The first-order valence-corrected chi connectivity index (χ1v) is 10.5. The number of carbonyl (C=O) groups excluding carboxylic acids is 1. The number of likely N-dealkylation sites (N-methyl/N-ethyl adjacent to an activating group) is 1. The summed E-state index contributed by atoms with van der Waals surface area (Å²) in [7, 11) is 1.82. The standard InChI is InChI=1S/C21H23ClN6OS/c1-11(9-25-3)27-20(29)18-19(13-5-4-8-26-10-13)30-21(28-18)17(24)14-6-7-15(22)12(2)16(14)23/h4-8,10-11,24-25H,9,23H2,1-3H3,(H,27,29). The van der Waals surface area contributed by atoms with Gasteiger partial charge in [0.15, 0.2) is 0 Å². The van der Waals surface area contributed by atoms with E-state index >= 15 is 0 Å². The molecule has 0 aliphatic heterocycles. The first kappa shape index (κ1) is 21.9. The molecule has 1 unspecified atom stereocenters. The Morgan fingerprint density at radius 3 is 2.80 bits per heavy atom. The number of halogens is 1. The molecule has 1 aromatic carbocycles. The van der Waals surface area contributed by atoms with Crippen LogP contribution in [-0.4, -0.2) is 41.2 Å². The Kier molecular flexibility index (Phi) is 6.81. The Morgan fingerprint density at radius 2 is 2.13 bits per heavy atom. The highest BCUT2D eigenvalue weighted by molar-refractivity contribution is 7.17. The van der Waals surface area contributed by atoms with Crippen molar-refractivity contribution in [2.24, 2.45) is 0 Å². The van der Waals surface area contributed by atoms with Gasteiger partial charge in [0.2, 0.25) is 0 Å². The number of rotatable bonds is 7. The monoisotopic (exact) mass is 442 g/mol. The minimum absolute atomic E-state index is 0.0802. The highest BCUT2D eigenvalue weighted by atomic mass is 35.5. The zero-order chi connectivity index (χ0) is 21.8. The summed E-state index contributed by atoms with van der Waals surface area (Å²) in [4.78, 5) is 22.3. The Balaban J connectivity index is 2.05. The van der Waals surface area contributed by atoms with Crippen molar-refractivity contribution in [3.05, 3.63) is 63.5 Å². The summed E-state index contributed by atoms with van der Waals surface area (Å²) >= 11 is 7.40. The van der Waals surface area contributed by atoms with Crippen molar-refractivity contribution < 1.29 is 4.79 Å². The number of amides is 1. The number of nitrogens with two attached hydrogens (primary N) is 1. The molecule has 9 heteroatoms. The molecule has 3 rings (SSSR count). The van der Waals surface area contributed by atoms with Crippen molar-refractivity contribution >= 4 is 40.2 Å². The summed E-state index contributed by atoms with van der Waals surface area (Å²) in [6.07, 6.45) is 3.34. The summed E-state index contributed by atoms with van der Waals surface area (Å²) in [5.41, 5.74) is 9.03. The van der Waals surface area contributed by atoms with Crippen LogP contribution in [0.5, 0.6) is 0 Å². The highest BCUT2D eigenvalue weighted by Gasteiger charge is 2.24. The number of anilines is 1. The van der Waals surface area contributed by atoms with Gasteiger partial charge in [0.1, 0.15) is 10.7 Å². The van der Waals surface area contributed by atoms with E-state index in [-0.39, 0.29) is 23.4 Å². The fraction of sp³-hybridized carbons (Fsp3) is 0.238. The van der Waals surface area contributed by atoms with Crippen LogP contribution in [0, 0.1) is 12.3 Å². The predicted molar refractivity (Wildman–Crippen MR) is 123 cm³/mol. The van der Waals surface area contributed by atoms with Gasteiger partial charge in [-0.2, -0.15) is 0 Å². The van der Waals surface area contributed by atoms with Crippen molar-refractivity contribution in [2.45, 2.75) is 19.9 Å². The molecule has 2 aromatic heterocycles. The van der Waals surface area contributed by atoms with E-state index in [9.17, 15) is 4.79 Å². The van der Waals surface area contributed by atoms with Crippen LogP contribution in [0.1, 0.15) is 33.5 Å². The van der Waals surface area contributed by atoms with Crippen LogP contribution in [0.2, 0.25) is 5.02 Å². The maximum Gasteiger partial charge on any atom is 0.271 e. The van der Waals surface area contributed by atoms with Crippen molar-refractivity contribution in [3.63, 3.8) is 0 Å². The van der Waals surface area contributed by atoms with Crippen molar-refractivity contribution in [3.8, 4) is 10.4 Å². The van der Waals surface area contributed by atoms with Gasteiger partial charge in [0.05, 0.1) is 10.6 Å². The number of benzene rings is 1. The number of aromatic nitrogens is 2.